The Morgan fingerprint density at radius 1 is 1.27 bits per heavy atom. The predicted octanol–water partition coefficient (Wildman–Crippen LogP) is 2.27. The van der Waals surface area contributed by atoms with E-state index >= 15 is 0 Å². The first-order valence-corrected chi connectivity index (χ1v) is 3.21. The third-order valence-electron chi connectivity index (χ3n) is 1.40. The summed E-state index contributed by atoms with van der Waals surface area (Å²) in [6.45, 7) is 1.85. The highest BCUT2D eigenvalue weighted by Gasteiger charge is 2.03. The van der Waals surface area contributed by atoms with E-state index in [0.29, 0.717) is 5.75 Å². The molecule has 0 saturated carbocycles. The van der Waals surface area contributed by atoms with Crippen LogP contribution in [-0.2, 0) is 0 Å². The molecule has 0 aromatic heterocycles. The molecule has 1 rings (SSSR count). The van der Waals surface area contributed by atoms with Gasteiger partial charge in [-0.25, -0.2) is 0 Å². The molecule has 3 heteroatoms. The molecule has 0 saturated heterocycles. The highest BCUT2D eigenvalue weighted by Crippen LogP contribution is 2.27. The van der Waals surface area contributed by atoms with Gasteiger partial charge in [-0.2, -0.15) is 0 Å². The van der Waals surface area contributed by atoms with Crippen LogP contribution in [0.3, 0.4) is 0 Å². The fourth-order valence-corrected chi connectivity index (χ4v) is 0.844. The van der Waals surface area contributed by atoms with Gasteiger partial charge in [0.2, 0.25) is 5.75 Å². The lowest BCUT2D eigenvalue weighted by Gasteiger charge is -2.03. The molecule has 1 aromatic carbocycles. The Morgan fingerprint density at radius 3 is 2.55 bits per heavy atom. The number of ether oxygens (including phenoxy) is 1. The van der Waals surface area contributed by atoms with E-state index in [4.69, 9.17) is 4.74 Å². The standard InChI is InChI=1S/C8H9FO2/c1-6-3-4-7(10-2)8(5-6)11-9/h3-5H,1-2H3. The first kappa shape index (κ1) is 7.85. The lowest BCUT2D eigenvalue weighted by Crippen LogP contribution is -1.87. The Bertz CT molecular complexity index is 248. The Balaban J connectivity index is 3.06. The molecule has 60 valence electrons. The van der Waals surface area contributed by atoms with Crippen molar-refractivity contribution in [1.82, 2.24) is 0 Å². The molecule has 0 heterocycles. The van der Waals surface area contributed by atoms with Crippen molar-refractivity contribution >= 4 is 0 Å². The normalized spacial score (nSPS) is 9.36. The van der Waals surface area contributed by atoms with E-state index < -0.39 is 0 Å². The van der Waals surface area contributed by atoms with E-state index in [1.165, 1.54) is 7.11 Å². The summed E-state index contributed by atoms with van der Waals surface area (Å²) in [6.07, 6.45) is 0. The molecule has 0 radical (unpaired) electrons. The Morgan fingerprint density at radius 2 is 2.00 bits per heavy atom. The lowest BCUT2D eigenvalue weighted by molar-refractivity contribution is -0.00902. The second kappa shape index (κ2) is 3.23. The highest BCUT2D eigenvalue weighted by atomic mass is 19.3. The van der Waals surface area contributed by atoms with Crippen molar-refractivity contribution in [2.75, 3.05) is 7.11 Å². The summed E-state index contributed by atoms with van der Waals surface area (Å²) in [5, 5.41) is 0. The maximum Gasteiger partial charge on any atom is 0.213 e. The largest absolute Gasteiger partial charge is 0.493 e. The Kier molecular flexibility index (Phi) is 2.31. The van der Waals surface area contributed by atoms with E-state index in [1.807, 2.05) is 13.0 Å². The van der Waals surface area contributed by atoms with Gasteiger partial charge in [-0.1, -0.05) is 6.07 Å². The number of methoxy groups -OCH3 is 1. The van der Waals surface area contributed by atoms with Crippen LogP contribution < -0.4 is 9.68 Å². The summed E-state index contributed by atoms with van der Waals surface area (Å²) in [7, 11) is 1.47. The van der Waals surface area contributed by atoms with Gasteiger partial charge >= 0.3 is 0 Å². The van der Waals surface area contributed by atoms with Crippen LogP contribution in [0.2, 0.25) is 0 Å². The zero-order valence-corrected chi connectivity index (χ0v) is 6.43. The molecule has 0 aliphatic heterocycles. The highest BCUT2D eigenvalue weighted by molar-refractivity contribution is 5.41. The minimum atomic E-state index is 0.118. The smallest absolute Gasteiger partial charge is 0.213 e. The summed E-state index contributed by atoms with van der Waals surface area (Å²) < 4.78 is 16.6. The van der Waals surface area contributed by atoms with Crippen LogP contribution in [0.4, 0.5) is 4.53 Å². The van der Waals surface area contributed by atoms with Gasteiger partial charge in [0, 0.05) is 4.53 Å². The second-order valence-corrected chi connectivity index (χ2v) is 2.23. The molecule has 0 atom stereocenters. The van der Waals surface area contributed by atoms with E-state index in [1.54, 1.807) is 12.1 Å². The summed E-state index contributed by atoms with van der Waals surface area (Å²) in [4.78, 5) is 3.59. The minimum Gasteiger partial charge on any atom is -0.493 e. The molecular formula is C8H9FO2. The van der Waals surface area contributed by atoms with E-state index in [0.717, 1.165) is 5.56 Å². The fraction of sp³-hybridized carbons (Fsp3) is 0.250. The van der Waals surface area contributed by atoms with Gasteiger partial charge < -0.3 is 4.74 Å². The maximum absolute atomic E-state index is 11.8. The number of halogens is 1. The summed E-state index contributed by atoms with van der Waals surface area (Å²) in [6, 6.07) is 5.05. The molecule has 1 aromatic rings. The molecule has 0 fully saturated rings. The van der Waals surface area contributed by atoms with Crippen molar-refractivity contribution in [1.29, 1.82) is 0 Å². The first-order chi connectivity index (χ1) is 5.27. The summed E-state index contributed by atoms with van der Waals surface area (Å²) >= 11 is 0. The van der Waals surface area contributed by atoms with Crippen LogP contribution in [0.25, 0.3) is 0 Å². The SMILES string of the molecule is COc1ccc(C)cc1OF. The van der Waals surface area contributed by atoms with Gasteiger partial charge in [0.1, 0.15) is 0 Å². The van der Waals surface area contributed by atoms with Crippen molar-refractivity contribution in [3.63, 3.8) is 0 Å². The molecule has 0 bridgehead atoms. The molecule has 0 N–H and O–H groups in total. The van der Waals surface area contributed by atoms with E-state index in [-0.39, 0.29) is 5.75 Å². The van der Waals surface area contributed by atoms with Crippen LogP contribution in [0.1, 0.15) is 5.56 Å². The van der Waals surface area contributed by atoms with Crippen molar-refractivity contribution in [3.8, 4) is 11.5 Å². The molecular weight excluding hydrogens is 147 g/mol. The molecule has 0 spiro atoms. The van der Waals surface area contributed by atoms with E-state index in [2.05, 4.69) is 4.94 Å². The number of aryl methyl sites for hydroxylation is 1. The number of hydrogen-bond donors (Lipinski definition) is 0. The zero-order chi connectivity index (χ0) is 8.27. The Labute approximate surface area is 64.5 Å². The third kappa shape index (κ3) is 1.61. The maximum atomic E-state index is 11.8. The average Bonchev–Trinajstić information content (AvgIpc) is 2.04. The van der Waals surface area contributed by atoms with Gasteiger partial charge in [0.25, 0.3) is 0 Å². The molecule has 0 aliphatic rings. The molecule has 0 amide bonds. The van der Waals surface area contributed by atoms with Crippen molar-refractivity contribution in [2.45, 2.75) is 6.92 Å². The average molecular weight is 156 g/mol. The van der Waals surface area contributed by atoms with Crippen LogP contribution in [0.15, 0.2) is 18.2 Å². The fourth-order valence-electron chi connectivity index (χ4n) is 0.844. The topological polar surface area (TPSA) is 18.5 Å². The minimum absolute atomic E-state index is 0.118. The number of hydrogen-bond acceptors (Lipinski definition) is 2. The van der Waals surface area contributed by atoms with Crippen LogP contribution in [0.5, 0.6) is 11.5 Å². The first-order valence-electron chi connectivity index (χ1n) is 3.21. The zero-order valence-electron chi connectivity index (χ0n) is 6.43. The third-order valence-corrected chi connectivity index (χ3v) is 1.40. The monoisotopic (exact) mass is 156 g/mol. The molecule has 0 unspecified atom stereocenters. The van der Waals surface area contributed by atoms with Gasteiger partial charge in [0.15, 0.2) is 5.75 Å². The predicted molar refractivity (Wildman–Crippen MR) is 39.5 cm³/mol. The van der Waals surface area contributed by atoms with Crippen LogP contribution in [0, 0.1) is 6.92 Å². The lowest BCUT2D eigenvalue weighted by atomic mass is 10.2. The van der Waals surface area contributed by atoms with Gasteiger partial charge in [-0.15, -0.1) is 0 Å². The molecule has 2 nitrogen and oxygen atoms in total. The van der Waals surface area contributed by atoms with Gasteiger partial charge in [-0.05, 0) is 24.6 Å². The second-order valence-electron chi connectivity index (χ2n) is 2.23. The van der Waals surface area contributed by atoms with E-state index in [9.17, 15) is 4.53 Å². The Hall–Kier alpha value is -1.25. The number of rotatable bonds is 2. The van der Waals surface area contributed by atoms with Gasteiger partial charge in [0.05, 0.1) is 7.11 Å². The quantitative estimate of drug-likeness (QED) is 0.653. The number of benzene rings is 1. The van der Waals surface area contributed by atoms with Crippen LogP contribution >= 0.6 is 0 Å². The van der Waals surface area contributed by atoms with Crippen molar-refractivity contribution in [2.24, 2.45) is 0 Å². The van der Waals surface area contributed by atoms with Crippen molar-refractivity contribution in [3.05, 3.63) is 23.8 Å². The van der Waals surface area contributed by atoms with Gasteiger partial charge in [-0.3, -0.25) is 4.94 Å². The van der Waals surface area contributed by atoms with Crippen LogP contribution in [-0.4, -0.2) is 7.11 Å². The summed E-state index contributed by atoms with van der Waals surface area (Å²) in [5.41, 5.74) is 0.929. The molecule has 0 aliphatic carbocycles. The van der Waals surface area contributed by atoms with Crippen molar-refractivity contribution < 1.29 is 14.2 Å². The summed E-state index contributed by atoms with van der Waals surface area (Å²) in [5.74, 6) is 0.519. The molecule has 11 heavy (non-hydrogen) atoms.